The van der Waals surface area contributed by atoms with Gasteiger partial charge in [-0.2, -0.15) is 0 Å². The Morgan fingerprint density at radius 1 is 1.25 bits per heavy atom. The van der Waals surface area contributed by atoms with Gasteiger partial charge in [0.05, 0.1) is 12.8 Å². The molecule has 2 aromatic heterocycles. The van der Waals surface area contributed by atoms with Gasteiger partial charge in [-0.1, -0.05) is 19.3 Å². The maximum atomic E-state index is 5.63. The molecule has 1 fully saturated rings. The molecule has 108 valence electrons. The first-order chi connectivity index (χ1) is 9.81. The molecule has 0 unspecified atom stereocenters. The van der Waals surface area contributed by atoms with Gasteiger partial charge >= 0.3 is 0 Å². The molecular formula is C15H21N3O2. The normalized spacial score (nSPS) is 16.9. The molecule has 20 heavy (non-hydrogen) atoms. The van der Waals surface area contributed by atoms with Crippen LogP contribution in [0.5, 0.6) is 0 Å². The van der Waals surface area contributed by atoms with Crippen LogP contribution < -0.4 is 0 Å². The third kappa shape index (κ3) is 3.28. The Balaban J connectivity index is 1.54. The Hall–Kier alpha value is -1.62. The smallest absolute Gasteiger partial charge is 0.283 e. The lowest BCUT2D eigenvalue weighted by atomic mass is 9.89. The zero-order chi connectivity index (χ0) is 13.8. The third-order valence-corrected chi connectivity index (χ3v) is 3.90. The number of aromatic nitrogens is 2. The summed E-state index contributed by atoms with van der Waals surface area (Å²) in [5.74, 6) is 2.55. The molecule has 5 heteroatoms. The molecule has 3 rings (SSSR count). The first-order valence-electron chi connectivity index (χ1n) is 7.36. The maximum absolute atomic E-state index is 5.63. The minimum atomic E-state index is 0.455. The molecular weight excluding hydrogens is 254 g/mol. The summed E-state index contributed by atoms with van der Waals surface area (Å²) in [7, 11) is 2.12. The van der Waals surface area contributed by atoms with Crippen LogP contribution >= 0.6 is 0 Å². The molecule has 0 N–H and O–H groups in total. The van der Waals surface area contributed by atoms with Crippen LogP contribution in [0.25, 0.3) is 11.7 Å². The third-order valence-electron chi connectivity index (χ3n) is 3.90. The number of hydrogen-bond donors (Lipinski definition) is 0. The summed E-state index contributed by atoms with van der Waals surface area (Å²) in [5, 5.41) is 8.11. The lowest BCUT2D eigenvalue weighted by molar-refractivity contribution is 0.213. The maximum Gasteiger partial charge on any atom is 0.283 e. The predicted molar refractivity (Wildman–Crippen MR) is 74.9 cm³/mol. The molecule has 1 aliphatic carbocycles. The zero-order valence-electron chi connectivity index (χ0n) is 11.9. The number of hydrogen-bond acceptors (Lipinski definition) is 5. The molecule has 5 nitrogen and oxygen atoms in total. The zero-order valence-corrected chi connectivity index (χ0v) is 11.9. The Labute approximate surface area is 119 Å². The average Bonchev–Trinajstić information content (AvgIpc) is 3.10. The summed E-state index contributed by atoms with van der Waals surface area (Å²) in [4.78, 5) is 2.27. The highest BCUT2D eigenvalue weighted by Gasteiger charge is 2.17. The lowest BCUT2D eigenvalue weighted by Gasteiger charge is -2.26. The first-order valence-corrected chi connectivity index (χ1v) is 7.36. The van der Waals surface area contributed by atoms with Crippen molar-refractivity contribution in [3.05, 3.63) is 24.3 Å². The number of nitrogens with zero attached hydrogens (tertiary/aromatic N) is 3. The fourth-order valence-corrected chi connectivity index (χ4v) is 2.92. The van der Waals surface area contributed by atoms with Crippen LogP contribution in [0.4, 0.5) is 0 Å². The summed E-state index contributed by atoms with van der Waals surface area (Å²) >= 11 is 0. The SMILES string of the molecule is CN(Cc1nnc(-c2ccco2)o1)CC1CCCCC1. The first kappa shape index (κ1) is 13.4. The van der Waals surface area contributed by atoms with E-state index in [1.54, 1.807) is 6.26 Å². The predicted octanol–water partition coefficient (Wildman–Crippen LogP) is 3.34. The van der Waals surface area contributed by atoms with Crippen LogP contribution in [0.15, 0.2) is 27.2 Å². The fourth-order valence-electron chi connectivity index (χ4n) is 2.92. The van der Waals surface area contributed by atoms with E-state index in [0.29, 0.717) is 24.1 Å². The molecule has 1 aliphatic rings. The second kappa shape index (κ2) is 6.22. The van der Waals surface area contributed by atoms with Crippen molar-refractivity contribution < 1.29 is 8.83 Å². The topological polar surface area (TPSA) is 55.3 Å². The molecule has 0 bridgehead atoms. The van der Waals surface area contributed by atoms with Crippen molar-refractivity contribution in [1.29, 1.82) is 0 Å². The molecule has 0 aromatic carbocycles. The number of rotatable bonds is 5. The fraction of sp³-hybridized carbons (Fsp3) is 0.600. The van der Waals surface area contributed by atoms with Crippen molar-refractivity contribution in [3.63, 3.8) is 0 Å². The standard InChI is InChI=1S/C15H21N3O2/c1-18(10-12-6-3-2-4-7-12)11-14-16-17-15(20-14)13-8-5-9-19-13/h5,8-9,12H,2-4,6-7,10-11H2,1H3. The van der Waals surface area contributed by atoms with Crippen LogP contribution in [0, 0.1) is 5.92 Å². The quantitative estimate of drug-likeness (QED) is 0.837. The molecule has 0 radical (unpaired) electrons. The molecule has 0 atom stereocenters. The van der Waals surface area contributed by atoms with Gasteiger partial charge in [0.1, 0.15) is 0 Å². The summed E-state index contributed by atoms with van der Waals surface area (Å²) < 4.78 is 10.9. The van der Waals surface area contributed by atoms with Crippen molar-refractivity contribution in [3.8, 4) is 11.7 Å². The van der Waals surface area contributed by atoms with Crippen LogP contribution in [0.3, 0.4) is 0 Å². The van der Waals surface area contributed by atoms with Gasteiger partial charge in [0, 0.05) is 6.54 Å². The lowest BCUT2D eigenvalue weighted by Crippen LogP contribution is -2.26. The van der Waals surface area contributed by atoms with E-state index in [1.807, 2.05) is 12.1 Å². The highest BCUT2D eigenvalue weighted by molar-refractivity contribution is 5.42. The molecule has 0 aliphatic heterocycles. The van der Waals surface area contributed by atoms with Gasteiger partial charge in [-0.05, 0) is 37.9 Å². The van der Waals surface area contributed by atoms with Crippen molar-refractivity contribution >= 4 is 0 Å². The van der Waals surface area contributed by atoms with E-state index in [2.05, 4.69) is 22.1 Å². The van der Waals surface area contributed by atoms with Crippen LogP contribution in [-0.2, 0) is 6.54 Å². The van der Waals surface area contributed by atoms with Crippen LogP contribution in [0.2, 0.25) is 0 Å². The van der Waals surface area contributed by atoms with Crippen molar-refractivity contribution in [2.24, 2.45) is 5.92 Å². The van der Waals surface area contributed by atoms with Gasteiger partial charge in [-0.15, -0.1) is 10.2 Å². The second-order valence-electron chi connectivity index (χ2n) is 5.68. The van der Waals surface area contributed by atoms with Gasteiger partial charge < -0.3 is 8.83 Å². The summed E-state index contributed by atoms with van der Waals surface area (Å²) in [6.45, 7) is 1.81. The van der Waals surface area contributed by atoms with Gasteiger partial charge in [0.15, 0.2) is 5.76 Å². The molecule has 0 saturated heterocycles. The molecule has 2 aromatic rings. The highest BCUT2D eigenvalue weighted by Crippen LogP contribution is 2.24. The minimum Gasteiger partial charge on any atom is -0.459 e. The average molecular weight is 275 g/mol. The summed E-state index contributed by atoms with van der Waals surface area (Å²) in [6.07, 6.45) is 8.46. The van der Waals surface area contributed by atoms with Crippen LogP contribution in [0.1, 0.15) is 38.0 Å². The van der Waals surface area contributed by atoms with Crippen LogP contribution in [-0.4, -0.2) is 28.7 Å². The Bertz CT molecular complexity index is 515. The minimum absolute atomic E-state index is 0.455. The molecule has 0 amide bonds. The molecule has 0 spiro atoms. The van der Waals surface area contributed by atoms with Gasteiger partial charge in [-0.3, -0.25) is 4.90 Å². The Morgan fingerprint density at radius 3 is 2.85 bits per heavy atom. The molecule has 1 saturated carbocycles. The van der Waals surface area contributed by atoms with E-state index in [1.165, 1.54) is 32.1 Å². The largest absolute Gasteiger partial charge is 0.459 e. The van der Waals surface area contributed by atoms with Crippen molar-refractivity contribution in [2.75, 3.05) is 13.6 Å². The summed E-state index contributed by atoms with van der Waals surface area (Å²) in [5.41, 5.74) is 0. The van der Waals surface area contributed by atoms with E-state index >= 15 is 0 Å². The second-order valence-corrected chi connectivity index (χ2v) is 5.68. The van der Waals surface area contributed by atoms with E-state index in [0.717, 1.165) is 12.5 Å². The van der Waals surface area contributed by atoms with E-state index in [-0.39, 0.29) is 0 Å². The van der Waals surface area contributed by atoms with E-state index in [9.17, 15) is 0 Å². The number of furan rings is 1. The van der Waals surface area contributed by atoms with Gasteiger partial charge in [0.25, 0.3) is 5.89 Å². The Morgan fingerprint density at radius 2 is 2.10 bits per heavy atom. The van der Waals surface area contributed by atoms with E-state index in [4.69, 9.17) is 8.83 Å². The van der Waals surface area contributed by atoms with Crippen molar-refractivity contribution in [2.45, 2.75) is 38.6 Å². The monoisotopic (exact) mass is 275 g/mol. The van der Waals surface area contributed by atoms with Gasteiger partial charge in [-0.25, -0.2) is 0 Å². The Kier molecular flexibility index (Phi) is 4.16. The van der Waals surface area contributed by atoms with Gasteiger partial charge in [0.2, 0.25) is 5.89 Å². The van der Waals surface area contributed by atoms with Crippen molar-refractivity contribution in [1.82, 2.24) is 15.1 Å². The highest BCUT2D eigenvalue weighted by atomic mass is 16.4. The molecule has 2 heterocycles. The van der Waals surface area contributed by atoms with E-state index < -0.39 is 0 Å². The summed E-state index contributed by atoms with van der Waals surface area (Å²) in [6, 6.07) is 3.64.